The summed E-state index contributed by atoms with van der Waals surface area (Å²) in [7, 11) is 0. The Morgan fingerprint density at radius 2 is 1.81 bits per heavy atom. The highest BCUT2D eigenvalue weighted by Crippen LogP contribution is 2.38. The maximum atomic E-state index is 6.33. The zero-order valence-electron chi connectivity index (χ0n) is 11.7. The molecule has 1 unspecified atom stereocenters. The van der Waals surface area contributed by atoms with Crippen molar-refractivity contribution >= 4 is 63.0 Å². The quantitative estimate of drug-likeness (QED) is 0.638. The molecule has 0 saturated carbocycles. The number of benzene rings is 1. The molecule has 0 saturated heterocycles. The van der Waals surface area contributed by atoms with Gasteiger partial charge in [-0.05, 0) is 38.5 Å². The molecule has 0 aliphatic rings. The van der Waals surface area contributed by atoms with Crippen LogP contribution in [-0.2, 0) is 0 Å². The molecular formula is C14H13Cl2N3S2. The first kappa shape index (κ1) is 15.0. The lowest BCUT2D eigenvalue weighted by molar-refractivity contribution is 0.883. The molecule has 0 radical (unpaired) electrons. The third kappa shape index (κ3) is 2.75. The van der Waals surface area contributed by atoms with Gasteiger partial charge in [-0.25, -0.2) is 0 Å². The molecule has 3 nitrogen and oxygen atoms in total. The standard InChI is InChI=1S/C14H13Cl2N3S2/c1-6-4-9(8(3)20-6)7(2)17-12-10(15)5-11(16)13-14(12)19-21-18-13/h4-5,7,17H,1-3H3. The van der Waals surface area contributed by atoms with Gasteiger partial charge in [-0.15, -0.1) is 11.3 Å². The summed E-state index contributed by atoms with van der Waals surface area (Å²) in [4.78, 5) is 2.61. The third-order valence-corrected chi connectivity index (χ3v) is 5.45. The first-order valence-electron chi connectivity index (χ1n) is 6.41. The Balaban J connectivity index is 2.02. The third-order valence-electron chi connectivity index (χ3n) is 3.35. The monoisotopic (exact) mass is 357 g/mol. The molecule has 0 fully saturated rings. The topological polar surface area (TPSA) is 37.8 Å². The highest BCUT2D eigenvalue weighted by molar-refractivity contribution is 7.12. The van der Waals surface area contributed by atoms with Gasteiger partial charge in [-0.2, -0.15) is 8.75 Å². The lowest BCUT2D eigenvalue weighted by Gasteiger charge is -2.17. The summed E-state index contributed by atoms with van der Waals surface area (Å²) in [6, 6.07) is 4.06. The van der Waals surface area contributed by atoms with Gasteiger partial charge in [-0.3, -0.25) is 0 Å². The largest absolute Gasteiger partial charge is 0.375 e. The van der Waals surface area contributed by atoms with Crippen LogP contribution in [0.1, 0.15) is 28.3 Å². The van der Waals surface area contributed by atoms with E-state index in [-0.39, 0.29) is 6.04 Å². The molecule has 0 aliphatic heterocycles. The Morgan fingerprint density at radius 3 is 2.48 bits per heavy atom. The normalized spacial score (nSPS) is 12.8. The van der Waals surface area contributed by atoms with Crippen LogP contribution in [0.5, 0.6) is 0 Å². The Kier molecular flexibility index (Phi) is 4.10. The number of halogens is 2. The van der Waals surface area contributed by atoms with Crippen LogP contribution in [0, 0.1) is 13.8 Å². The summed E-state index contributed by atoms with van der Waals surface area (Å²) < 4.78 is 8.54. The number of rotatable bonds is 3. The second-order valence-corrected chi connectivity index (χ2v) is 7.71. The van der Waals surface area contributed by atoms with E-state index in [9.17, 15) is 0 Å². The number of hydrogen-bond donors (Lipinski definition) is 1. The molecule has 7 heteroatoms. The lowest BCUT2D eigenvalue weighted by atomic mass is 10.1. The predicted molar refractivity (Wildman–Crippen MR) is 93.3 cm³/mol. The van der Waals surface area contributed by atoms with E-state index in [1.165, 1.54) is 15.3 Å². The number of aryl methyl sites for hydroxylation is 2. The van der Waals surface area contributed by atoms with Crippen LogP contribution in [-0.4, -0.2) is 8.75 Å². The Bertz CT molecular complexity index is 810. The van der Waals surface area contributed by atoms with Crippen LogP contribution in [0.25, 0.3) is 11.0 Å². The van der Waals surface area contributed by atoms with Gasteiger partial charge in [0.05, 0.1) is 27.5 Å². The number of fused-ring (bicyclic) bond motifs is 1. The van der Waals surface area contributed by atoms with Gasteiger partial charge >= 0.3 is 0 Å². The maximum absolute atomic E-state index is 6.33. The molecule has 21 heavy (non-hydrogen) atoms. The van der Waals surface area contributed by atoms with Gasteiger partial charge in [-0.1, -0.05) is 23.2 Å². The summed E-state index contributed by atoms with van der Waals surface area (Å²) in [6.07, 6.45) is 0. The average Bonchev–Trinajstić information content (AvgIpc) is 3.01. The average molecular weight is 358 g/mol. The molecule has 3 aromatic rings. The van der Waals surface area contributed by atoms with Crippen LogP contribution in [0.15, 0.2) is 12.1 Å². The van der Waals surface area contributed by atoms with Gasteiger partial charge in [0.2, 0.25) is 0 Å². The van der Waals surface area contributed by atoms with E-state index in [0.717, 1.165) is 22.9 Å². The second-order valence-electron chi connectivity index (χ2n) is 4.91. The number of aromatic nitrogens is 2. The number of hydrogen-bond acceptors (Lipinski definition) is 5. The first-order valence-corrected chi connectivity index (χ1v) is 8.71. The molecule has 0 amide bonds. The lowest BCUT2D eigenvalue weighted by Crippen LogP contribution is -2.07. The highest BCUT2D eigenvalue weighted by atomic mass is 35.5. The van der Waals surface area contributed by atoms with E-state index < -0.39 is 0 Å². The zero-order chi connectivity index (χ0) is 15.1. The van der Waals surface area contributed by atoms with Crippen LogP contribution in [0.2, 0.25) is 10.0 Å². The molecule has 0 aliphatic carbocycles. The minimum Gasteiger partial charge on any atom is -0.375 e. The summed E-state index contributed by atoms with van der Waals surface area (Å²) >= 11 is 15.4. The molecule has 1 N–H and O–H groups in total. The summed E-state index contributed by atoms with van der Waals surface area (Å²) in [5.41, 5.74) is 3.49. The fourth-order valence-corrected chi connectivity index (χ4v) is 4.58. The van der Waals surface area contributed by atoms with Crippen molar-refractivity contribution in [1.29, 1.82) is 0 Å². The van der Waals surface area contributed by atoms with Gasteiger partial charge < -0.3 is 5.32 Å². The first-order chi connectivity index (χ1) is 9.97. The van der Waals surface area contributed by atoms with Crippen molar-refractivity contribution in [3.05, 3.63) is 37.5 Å². The molecule has 2 heterocycles. The van der Waals surface area contributed by atoms with Crippen molar-refractivity contribution in [1.82, 2.24) is 8.75 Å². The van der Waals surface area contributed by atoms with Crippen LogP contribution in [0.3, 0.4) is 0 Å². The van der Waals surface area contributed by atoms with E-state index in [0.29, 0.717) is 15.6 Å². The van der Waals surface area contributed by atoms with Gasteiger partial charge in [0, 0.05) is 15.8 Å². The van der Waals surface area contributed by atoms with Crippen molar-refractivity contribution in [2.45, 2.75) is 26.8 Å². The van der Waals surface area contributed by atoms with E-state index in [1.54, 1.807) is 17.4 Å². The predicted octanol–water partition coefficient (Wildman–Crippen LogP) is 5.85. The number of thiophene rings is 1. The van der Waals surface area contributed by atoms with Gasteiger partial charge in [0.15, 0.2) is 0 Å². The van der Waals surface area contributed by atoms with E-state index in [4.69, 9.17) is 23.2 Å². The van der Waals surface area contributed by atoms with Crippen molar-refractivity contribution in [2.24, 2.45) is 0 Å². The Hall–Kier alpha value is -0.880. The van der Waals surface area contributed by atoms with Crippen molar-refractivity contribution in [3.63, 3.8) is 0 Å². The fourth-order valence-electron chi connectivity index (χ4n) is 2.39. The molecule has 3 rings (SSSR count). The molecular weight excluding hydrogens is 345 g/mol. The van der Waals surface area contributed by atoms with Crippen LogP contribution in [0.4, 0.5) is 5.69 Å². The minimum absolute atomic E-state index is 0.138. The van der Waals surface area contributed by atoms with Crippen molar-refractivity contribution < 1.29 is 0 Å². The maximum Gasteiger partial charge on any atom is 0.130 e. The Labute approximate surface area is 141 Å². The smallest absolute Gasteiger partial charge is 0.130 e. The van der Waals surface area contributed by atoms with Crippen molar-refractivity contribution in [2.75, 3.05) is 5.32 Å². The number of nitrogens with one attached hydrogen (secondary N) is 1. The number of nitrogens with zero attached hydrogens (tertiary/aromatic N) is 2. The minimum atomic E-state index is 0.138. The molecule has 1 atom stereocenters. The summed E-state index contributed by atoms with van der Waals surface area (Å²) in [5.74, 6) is 0. The van der Waals surface area contributed by atoms with Crippen molar-refractivity contribution in [3.8, 4) is 0 Å². The second kappa shape index (κ2) is 5.72. The highest BCUT2D eigenvalue weighted by Gasteiger charge is 2.18. The van der Waals surface area contributed by atoms with Gasteiger partial charge in [0.25, 0.3) is 0 Å². The Morgan fingerprint density at radius 1 is 1.10 bits per heavy atom. The van der Waals surface area contributed by atoms with E-state index >= 15 is 0 Å². The molecule has 2 aromatic heterocycles. The fraction of sp³-hybridized carbons (Fsp3) is 0.286. The summed E-state index contributed by atoms with van der Waals surface area (Å²) in [5, 5.41) is 4.56. The number of anilines is 1. The SMILES string of the molecule is Cc1cc(C(C)Nc2c(Cl)cc(Cl)c3nsnc23)c(C)s1. The van der Waals surface area contributed by atoms with Crippen LogP contribution < -0.4 is 5.32 Å². The zero-order valence-corrected chi connectivity index (χ0v) is 14.8. The molecule has 0 spiro atoms. The van der Waals surface area contributed by atoms with Crippen LogP contribution >= 0.6 is 46.3 Å². The molecule has 0 bridgehead atoms. The van der Waals surface area contributed by atoms with E-state index in [2.05, 4.69) is 40.9 Å². The van der Waals surface area contributed by atoms with E-state index in [1.807, 2.05) is 0 Å². The molecule has 1 aromatic carbocycles. The van der Waals surface area contributed by atoms with Gasteiger partial charge in [0.1, 0.15) is 11.0 Å². The summed E-state index contributed by atoms with van der Waals surface area (Å²) in [6.45, 7) is 6.37. The molecule has 110 valence electrons.